The average Bonchev–Trinajstić information content (AvgIpc) is 3.17. The van der Waals surface area contributed by atoms with Crippen LogP contribution < -0.4 is 16.1 Å². The number of carbonyl (C=O) groups excluding carboxylic acids is 2. The molecule has 0 atom stereocenters. The summed E-state index contributed by atoms with van der Waals surface area (Å²) in [4.78, 5) is 39.7. The highest BCUT2D eigenvalue weighted by Crippen LogP contribution is 2.38. The lowest BCUT2D eigenvalue weighted by Gasteiger charge is -2.13. The van der Waals surface area contributed by atoms with Crippen molar-refractivity contribution in [2.45, 2.75) is 46.0 Å². The number of carbonyl (C=O) groups is 2. The Balaban J connectivity index is 1.58. The van der Waals surface area contributed by atoms with Gasteiger partial charge >= 0.3 is 0 Å². The fourth-order valence-electron chi connectivity index (χ4n) is 4.05. The molecule has 174 valence electrons. The van der Waals surface area contributed by atoms with Crippen LogP contribution in [0.1, 0.15) is 63.1 Å². The molecule has 33 heavy (non-hydrogen) atoms. The molecule has 2 aromatic heterocycles. The lowest BCUT2D eigenvalue weighted by atomic mass is 9.95. The van der Waals surface area contributed by atoms with Crippen LogP contribution in [0, 0.1) is 6.92 Å². The quantitative estimate of drug-likeness (QED) is 0.476. The summed E-state index contributed by atoms with van der Waals surface area (Å²) in [5.41, 5.74) is 2.56. The summed E-state index contributed by atoms with van der Waals surface area (Å²) in [7, 11) is 0. The number of hydrogen-bond acceptors (Lipinski definition) is 6. The molecular formula is C25H28N2O5S. The molecule has 0 bridgehead atoms. The van der Waals surface area contributed by atoms with Crippen LogP contribution in [-0.2, 0) is 17.6 Å². The van der Waals surface area contributed by atoms with Crippen molar-refractivity contribution in [2.24, 2.45) is 0 Å². The first-order valence-corrected chi connectivity index (χ1v) is 12.2. The van der Waals surface area contributed by atoms with Crippen molar-refractivity contribution < 1.29 is 18.7 Å². The van der Waals surface area contributed by atoms with Crippen LogP contribution >= 0.6 is 11.3 Å². The molecule has 1 aliphatic carbocycles. The van der Waals surface area contributed by atoms with Crippen molar-refractivity contribution in [2.75, 3.05) is 25.1 Å². The van der Waals surface area contributed by atoms with Gasteiger partial charge in [0.25, 0.3) is 11.8 Å². The third-order valence-corrected chi connectivity index (χ3v) is 6.89. The van der Waals surface area contributed by atoms with Gasteiger partial charge in [0, 0.05) is 30.7 Å². The molecule has 0 saturated heterocycles. The van der Waals surface area contributed by atoms with E-state index in [9.17, 15) is 14.4 Å². The van der Waals surface area contributed by atoms with Crippen molar-refractivity contribution >= 4 is 39.1 Å². The van der Waals surface area contributed by atoms with Gasteiger partial charge in [0.05, 0.1) is 10.9 Å². The summed E-state index contributed by atoms with van der Waals surface area (Å²) in [5.74, 6) is -0.819. The average molecular weight is 469 g/mol. The van der Waals surface area contributed by atoms with Gasteiger partial charge in [-0.15, -0.1) is 11.3 Å². The smallest absolute Gasteiger partial charge is 0.292 e. The molecular weight excluding hydrogens is 440 g/mol. The number of rotatable bonds is 8. The first kappa shape index (κ1) is 23.2. The van der Waals surface area contributed by atoms with E-state index in [2.05, 4.69) is 10.6 Å². The molecule has 1 aromatic carbocycles. The van der Waals surface area contributed by atoms with Gasteiger partial charge in [0.2, 0.25) is 0 Å². The van der Waals surface area contributed by atoms with Gasteiger partial charge in [-0.2, -0.15) is 0 Å². The Morgan fingerprint density at radius 3 is 2.79 bits per heavy atom. The van der Waals surface area contributed by atoms with E-state index in [1.807, 2.05) is 19.9 Å². The van der Waals surface area contributed by atoms with E-state index >= 15 is 0 Å². The third-order valence-electron chi connectivity index (χ3n) is 5.69. The molecule has 0 fully saturated rings. The molecule has 0 spiro atoms. The summed E-state index contributed by atoms with van der Waals surface area (Å²) in [6.45, 7) is 5.55. The number of ether oxygens (including phenoxy) is 1. The Bertz CT molecular complexity index is 1240. The van der Waals surface area contributed by atoms with Crippen molar-refractivity contribution in [3.05, 3.63) is 61.8 Å². The Labute approximate surface area is 196 Å². The second-order valence-electron chi connectivity index (χ2n) is 8.15. The van der Waals surface area contributed by atoms with Crippen molar-refractivity contribution in [1.82, 2.24) is 5.32 Å². The van der Waals surface area contributed by atoms with Gasteiger partial charge in [-0.05, 0) is 63.6 Å². The van der Waals surface area contributed by atoms with E-state index in [1.54, 1.807) is 12.1 Å². The summed E-state index contributed by atoms with van der Waals surface area (Å²) in [6.07, 6.45) is 4.50. The van der Waals surface area contributed by atoms with E-state index in [4.69, 9.17) is 9.15 Å². The Kier molecular flexibility index (Phi) is 7.25. The number of fused-ring (bicyclic) bond motifs is 2. The van der Waals surface area contributed by atoms with Crippen LogP contribution in [0.15, 0.2) is 33.5 Å². The third kappa shape index (κ3) is 5.17. The monoisotopic (exact) mass is 468 g/mol. The minimum absolute atomic E-state index is 0.0780. The number of nitrogens with one attached hydrogen (secondary N) is 2. The van der Waals surface area contributed by atoms with Gasteiger partial charge in [0.1, 0.15) is 10.6 Å². The van der Waals surface area contributed by atoms with Crippen LogP contribution in [-0.4, -0.2) is 31.6 Å². The van der Waals surface area contributed by atoms with Crippen LogP contribution in [0.4, 0.5) is 5.00 Å². The minimum atomic E-state index is -0.543. The van der Waals surface area contributed by atoms with Crippen LogP contribution in [0.25, 0.3) is 11.0 Å². The lowest BCUT2D eigenvalue weighted by Crippen LogP contribution is -2.27. The topological polar surface area (TPSA) is 97.6 Å². The number of anilines is 1. The molecule has 0 unspecified atom stereocenters. The van der Waals surface area contributed by atoms with Crippen LogP contribution in [0.3, 0.4) is 0 Å². The zero-order valence-electron chi connectivity index (χ0n) is 18.9. The highest BCUT2D eigenvalue weighted by molar-refractivity contribution is 7.17. The normalized spacial score (nSPS) is 13.0. The second-order valence-corrected chi connectivity index (χ2v) is 9.26. The minimum Gasteiger partial charge on any atom is -0.451 e. The molecule has 0 radical (unpaired) electrons. The second kappa shape index (κ2) is 10.3. The van der Waals surface area contributed by atoms with E-state index in [-0.39, 0.29) is 17.1 Å². The molecule has 2 heterocycles. The number of benzene rings is 1. The maximum Gasteiger partial charge on any atom is 0.292 e. The standard InChI is InChI=1S/C25H28N2O5S/c1-3-31-12-6-11-26-24(30)22-16-7-4-5-8-21(16)33-25(22)27-23(29)20-14-18(28)17-13-15(2)9-10-19(17)32-20/h9-10,13-14H,3-8,11-12H2,1-2H3,(H,26,30)(H,27,29). The van der Waals surface area contributed by atoms with Gasteiger partial charge in [-0.25, -0.2) is 0 Å². The summed E-state index contributed by atoms with van der Waals surface area (Å²) < 4.78 is 11.0. The molecule has 2 N–H and O–H groups in total. The van der Waals surface area contributed by atoms with Crippen molar-refractivity contribution in [3.8, 4) is 0 Å². The molecule has 4 rings (SSSR count). The van der Waals surface area contributed by atoms with E-state index in [0.29, 0.717) is 41.3 Å². The van der Waals surface area contributed by atoms with Gasteiger partial charge in [-0.3, -0.25) is 14.4 Å². The molecule has 0 saturated carbocycles. The van der Waals surface area contributed by atoms with Gasteiger partial charge in [0.15, 0.2) is 11.2 Å². The zero-order chi connectivity index (χ0) is 23.4. The molecule has 8 heteroatoms. The molecule has 0 aliphatic heterocycles. The highest BCUT2D eigenvalue weighted by atomic mass is 32.1. The number of hydrogen-bond donors (Lipinski definition) is 2. The van der Waals surface area contributed by atoms with Gasteiger partial charge in [-0.1, -0.05) is 11.6 Å². The lowest BCUT2D eigenvalue weighted by molar-refractivity contribution is 0.0944. The Hall–Kier alpha value is -2.97. The van der Waals surface area contributed by atoms with E-state index in [1.165, 1.54) is 17.4 Å². The van der Waals surface area contributed by atoms with Crippen molar-refractivity contribution in [1.29, 1.82) is 0 Å². The Morgan fingerprint density at radius 2 is 1.97 bits per heavy atom. The van der Waals surface area contributed by atoms with Crippen LogP contribution in [0.5, 0.6) is 0 Å². The van der Waals surface area contributed by atoms with Crippen molar-refractivity contribution in [3.63, 3.8) is 0 Å². The first-order valence-electron chi connectivity index (χ1n) is 11.3. The fourth-order valence-corrected chi connectivity index (χ4v) is 5.33. The fraction of sp³-hybridized carbons (Fsp3) is 0.400. The van der Waals surface area contributed by atoms with Crippen LogP contribution in [0.2, 0.25) is 0 Å². The summed E-state index contributed by atoms with van der Waals surface area (Å²) >= 11 is 1.43. The maximum absolute atomic E-state index is 13.0. The largest absolute Gasteiger partial charge is 0.451 e. The zero-order valence-corrected chi connectivity index (χ0v) is 19.7. The number of thiophene rings is 1. The van der Waals surface area contributed by atoms with E-state index in [0.717, 1.165) is 48.1 Å². The predicted molar refractivity (Wildman–Crippen MR) is 130 cm³/mol. The SMILES string of the molecule is CCOCCCNC(=O)c1c(NC(=O)c2cc(=O)c3cc(C)ccc3o2)sc2c1CCCC2. The van der Waals surface area contributed by atoms with Gasteiger partial charge < -0.3 is 19.8 Å². The van der Waals surface area contributed by atoms with E-state index < -0.39 is 5.91 Å². The first-order chi connectivity index (χ1) is 16.0. The highest BCUT2D eigenvalue weighted by Gasteiger charge is 2.27. The number of amides is 2. The summed E-state index contributed by atoms with van der Waals surface area (Å²) in [6, 6.07) is 6.46. The predicted octanol–water partition coefficient (Wildman–Crippen LogP) is 4.45. The number of aryl methyl sites for hydroxylation is 2. The molecule has 2 amide bonds. The summed E-state index contributed by atoms with van der Waals surface area (Å²) in [5, 5.41) is 6.73. The molecule has 3 aromatic rings. The molecule has 1 aliphatic rings. The Morgan fingerprint density at radius 1 is 1.15 bits per heavy atom. The maximum atomic E-state index is 13.0. The molecule has 7 nitrogen and oxygen atoms in total.